The van der Waals surface area contributed by atoms with Gasteiger partial charge in [-0.1, -0.05) is 18.2 Å². The van der Waals surface area contributed by atoms with Crippen molar-refractivity contribution in [3.05, 3.63) is 77.9 Å². The molecule has 3 aliphatic rings. The van der Waals surface area contributed by atoms with Gasteiger partial charge in [0.05, 0.1) is 68.7 Å². The molecule has 0 radical (unpaired) electrons. The number of ether oxygens (including phenoxy) is 5. The van der Waals surface area contributed by atoms with Crippen molar-refractivity contribution in [2.75, 3.05) is 76.7 Å². The summed E-state index contributed by atoms with van der Waals surface area (Å²) in [4.78, 5) is 63.4. The van der Waals surface area contributed by atoms with Crippen molar-refractivity contribution in [3.8, 4) is 34.0 Å². The first-order chi connectivity index (χ1) is 27.4. The number of carbonyl (C=O) groups is 5. The third-order valence-electron chi connectivity index (χ3n) is 9.22. The third-order valence-corrected chi connectivity index (χ3v) is 9.22. The van der Waals surface area contributed by atoms with Gasteiger partial charge >= 0.3 is 0 Å². The fourth-order valence-electron chi connectivity index (χ4n) is 6.44. The molecule has 4 aromatic rings. The first kappa shape index (κ1) is 38.0. The van der Waals surface area contributed by atoms with Crippen LogP contribution in [0, 0.1) is 0 Å². The summed E-state index contributed by atoms with van der Waals surface area (Å²) in [6.07, 6.45) is 0.151. The van der Waals surface area contributed by atoms with E-state index in [9.17, 15) is 24.0 Å². The van der Waals surface area contributed by atoms with Gasteiger partial charge in [0.25, 0.3) is 11.8 Å². The van der Waals surface area contributed by atoms with E-state index in [0.29, 0.717) is 64.2 Å². The van der Waals surface area contributed by atoms with E-state index in [1.807, 2.05) is 48.5 Å². The fourth-order valence-corrected chi connectivity index (χ4v) is 6.44. The van der Waals surface area contributed by atoms with Crippen molar-refractivity contribution < 1.29 is 47.7 Å². The first-order valence-corrected chi connectivity index (χ1v) is 18.2. The number of piperidine rings is 1. The number of fused-ring (bicyclic) bond motifs is 2. The largest absolute Gasteiger partial charge is 0.454 e. The Bertz CT molecular complexity index is 2100. The van der Waals surface area contributed by atoms with Crippen molar-refractivity contribution >= 4 is 40.9 Å². The van der Waals surface area contributed by atoms with Gasteiger partial charge in [0.1, 0.15) is 6.04 Å². The molecule has 56 heavy (non-hydrogen) atoms. The summed E-state index contributed by atoms with van der Waals surface area (Å²) in [5.41, 5.74) is 5.09. The topological polar surface area (TPSA) is 212 Å². The zero-order valence-corrected chi connectivity index (χ0v) is 30.4. The maximum absolute atomic E-state index is 13.2. The summed E-state index contributed by atoms with van der Waals surface area (Å²) >= 11 is 0. The predicted octanol–water partition coefficient (Wildman–Crippen LogP) is 2.56. The third kappa shape index (κ3) is 8.97. The lowest BCUT2D eigenvalue weighted by Gasteiger charge is -2.27. The van der Waals surface area contributed by atoms with Crippen LogP contribution in [0.4, 0.5) is 11.4 Å². The quantitative estimate of drug-likeness (QED) is 0.0687. The van der Waals surface area contributed by atoms with Gasteiger partial charge in [0.2, 0.25) is 24.5 Å². The molecule has 7 rings (SSSR count). The zero-order chi connectivity index (χ0) is 38.9. The molecule has 0 aliphatic carbocycles. The number of H-pyrrole nitrogens is 1. The first-order valence-electron chi connectivity index (χ1n) is 18.2. The van der Waals surface area contributed by atoms with Gasteiger partial charge < -0.3 is 39.6 Å². The molecular weight excluding hydrogens is 726 g/mol. The Kier molecular flexibility index (Phi) is 12.1. The molecule has 1 atom stereocenters. The number of rotatable bonds is 19. The lowest BCUT2D eigenvalue weighted by atomic mass is 10.0. The van der Waals surface area contributed by atoms with Crippen molar-refractivity contribution in [1.82, 2.24) is 25.7 Å². The molecule has 3 aliphatic heterocycles. The molecule has 5 N–H and O–H groups in total. The van der Waals surface area contributed by atoms with E-state index in [2.05, 4.69) is 31.5 Å². The molecule has 1 fully saturated rings. The van der Waals surface area contributed by atoms with Crippen molar-refractivity contribution in [1.29, 1.82) is 0 Å². The zero-order valence-electron chi connectivity index (χ0n) is 30.4. The van der Waals surface area contributed by atoms with E-state index in [1.165, 1.54) is 0 Å². The Hall–Kier alpha value is -6.30. The molecule has 292 valence electrons. The minimum atomic E-state index is -1.02. The van der Waals surface area contributed by atoms with Gasteiger partial charge in [-0.3, -0.25) is 39.3 Å². The van der Waals surface area contributed by atoms with E-state index in [0.717, 1.165) is 38.9 Å². The van der Waals surface area contributed by atoms with E-state index in [-0.39, 0.29) is 43.2 Å². The number of nitrogens with one attached hydrogen (secondary N) is 5. The number of aromatic amines is 1. The molecule has 1 aromatic heterocycles. The van der Waals surface area contributed by atoms with Gasteiger partial charge in [0.15, 0.2) is 11.5 Å². The Morgan fingerprint density at radius 1 is 0.804 bits per heavy atom. The van der Waals surface area contributed by atoms with Crippen molar-refractivity contribution in [3.63, 3.8) is 0 Å². The molecule has 0 bridgehead atoms. The monoisotopic (exact) mass is 767 g/mol. The Balaban J connectivity index is 0.717. The summed E-state index contributed by atoms with van der Waals surface area (Å²) in [5.74, 6) is -0.954. The van der Waals surface area contributed by atoms with Gasteiger partial charge in [-0.05, 0) is 55.0 Å². The van der Waals surface area contributed by atoms with Crippen LogP contribution in [0.1, 0.15) is 33.6 Å². The van der Waals surface area contributed by atoms with Crippen LogP contribution in [0.25, 0.3) is 22.5 Å². The molecule has 3 aromatic carbocycles. The highest BCUT2D eigenvalue weighted by molar-refractivity contribution is 6.25. The molecule has 17 heteroatoms. The van der Waals surface area contributed by atoms with E-state index >= 15 is 0 Å². The minimum absolute atomic E-state index is 0.0568. The highest BCUT2D eigenvalue weighted by atomic mass is 16.7. The second-order valence-corrected chi connectivity index (χ2v) is 13.0. The van der Waals surface area contributed by atoms with Crippen LogP contribution < -0.4 is 30.7 Å². The Morgan fingerprint density at radius 2 is 1.57 bits per heavy atom. The number of benzene rings is 3. The number of aromatic nitrogens is 2. The van der Waals surface area contributed by atoms with Crippen LogP contribution in [-0.4, -0.2) is 117 Å². The number of hydrogen-bond donors (Lipinski definition) is 5. The van der Waals surface area contributed by atoms with Gasteiger partial charge in [-0.2, -0.15) is 5.10 Å². The number of carbonyl (C=O) groups excluding carboxylic acids is 5. The maximum Gasteiger partial charge on any atom is 0.264 e. The number of anilines is 2. The molecule has 0 spiro atoms. The summed E-state index contributed by atoms with van der Waals surface area (Å²) < 4.78 is 27.6. The SMILES string of the molecule is O=C(CNc1cccc(-c2cc(-c3ccc4c(c3)OCO4)[nH]n2)c1)NCCOCCOCCOCCNc1cccc2c1C(=O)N(C1CCC(=O)NC1=O)C2=O. The molecule has 17 nitrogen and oxygen atoms in total. The number of amides is 5. The smallest absolute Gasteiger partial charge is 0.264 e. The minimum Gasteiger partial charge on any atom is -0.454 e. The van der Waals surface area contributed by atoms with Crippen molar-refractivity contribution in [2.45, 2.75) is 18.9 Å². The Morgan fingerprint density at radius 3 is 2.39 bits per heavy atom. The molecule has 1 unspecified atom stereocenters. The van der Waals surface area contributed by atoms with Gasteiger partial charge in [-0.15, -0.1) is 0 Å². The molecule has 1 saturated heterocycles. The lowest BCUT2D eigenvalue weighted by molar-refractivity contribution is -0.136. The normalized spacial score (nSPS) is 15.9. The Labute approximate surface area is 321 Å². The van der Waals surface area contributed by atoms with Crippen LogP contribution in [0.2, 0.25) is 0 Å². The highest BCUT2D eigenvalue weighted by Crippen LogP contribution is 2.36. The summed E-state index contributed by atoms with van der Waals surface area (Å²) in [7, 11) is 0. The summed E-state index contributed by atoms with van der Waals surface area (Å²) in [6, 6.07) is 19.2. The van der Waals surface area contributed by atoms with Crippen LogP contribution in [-0.2, 0) is 28.6 Å². The second-order valence-electron chi connectivity index (χ2n) is 13.0. The van der Waals surface area contributed by atoms with Crippen LogP contribution in [0.3, 0.4) is 0 Å². The molecule has 5 amide bonds. The van der Waals surface area contributed by atoms with Crippen LogP contribution >= 0.6 is 0 Å². The van der Waals surface area contributed by atoms with E-state index in [4.69, 9.17) is 23.7 Å². The number of hydrogen-bond acceptors (Lipinski definition) is 13. The van der Waals surface area contributed by atoms with Gasteiger partial charge in [0, 0.05) is 42.0 Å². The summed E-state index contributed by atoms with van der Waals surface area (Å²) in [5, 5.41) is 18.8. The molecule has 0 saturated carbocycles. The summed E-state index contributed by atoms with van der Waals surface area (Å²) in [6.45, 7) is 3.08. The molecule has 4 heterocycles. The van der Waals surface area contributed by atoms with E-state index < -0.39 is 29.7 Å². The fraction of sp³-hybridized carbons (Fsp3) is 0.333. The van der Waals surface area contributed by atoms with Crippen LogP contribution in [0.5, 0.6) is 11.5 Å². The van der Waals surface area contributed by atoms with E-state index in [1.54, 1.807) is 18.2 Å². The van der Waals surface area contributed by atoms with Crippen molar-refractivity contribution in [2.24, 2.45) is 0 Å². The second kappa shape index (κ2) is 17.9. The predicted molar refractivity (Wildman–Crippen MR) is 201 cm³/mol. The lowest BCUT2D eigenvalue weighted by Crippen LogP contribution is -2.54. The van der Waals surface area contributed by atoms with Crippen LogP contribution in [0.15, 0.2) is 66.7 Å². The van der Waals surface area contributed by atoms with Gasteiger partial charge in [-0.25, -0.2) is 0 Å². The number of imide groups is 2. The molecular formula is C39H41N7O10. The average molecular weight is 768 g/mol. The standard InChI is InChI=1S/C39H41N7O10/c47-34-10-8-31(37(49)43-34)46-38(50)27-5-2-6-28(36(27)39(46)51)40-11-13-52-15-17-54-18-16-53-14-12-41-35(48)22-42-26-4-1-3-24(19-26)29-21-30(45-44-29)25-7-9-32-33(20-25)56-23-55-32/h1-7,9,19-21,31,40,42H,8,10-18,22-23H2,(H,41,48)(H,44,45)(H,43,47,49). The highest BCUT2D eigenvalue weighted by Gasteiger charge is 2.45. The average Bonchev–Trinajstić information content (AvgIpc) is 3.95. The maximum atomic E-state index is 13.2. The number of nitrogens with zero attached hydrogens (tertiary/aromatic N) is 2.